The first-order chi connectivity index (χ1) is 17.6. The number of amides is 1. The van der Waals surface area contributed by atoms with Gasteiger partial charge in [-0.1, -0.05) is 25.0 Å². The molecule has 1 saturated heterocycles. The van der Waals surface area contributed by atoms with Crippen LogP contribution in [0.2, 0.25) is 0 Å². The Kier molecular flexibility index (Phi) is 7.18. The van der Waals surface area contributed by atoms with Crippen molar-refractivity contribution in [2.24, 2.45) is 11.1 Å². The summed E-state index contributed by atoms with van der Waals surface area (Å²) in [5.41, 5.74) is 0.827. The maximum atomic E-state index is 13.9. The predicted molar refractivity (Wildman–Crippen MR) is 135 cm³/mol. The van der Waals surface area contributed by atoms with Crippen LogP contribution in [0.4, 0.5) is 0 Å². The van der Waals surface area contributed by atoms with Gasteiger partial charge in [0.15, 0.2) is 11.5 Å². The molecule has 1 amide bonds. The normalized spacial score (nSPS) is 23.9. The summed E-state index contributed by atoms with van der Waals surface area (Å²) < 4.78 is 63.2. The van der Waals surface area contributed by atoms with E-state index in [1.54, 1.807) is 18.2 Å². The molecular weight excluding hydrogens is 518 g/mol. The molecule has 1 saturated carbocycles. The third-order valence-electron chi connectivity index (χ3n) is 7.39. The molecule has 2 fully saturated rings. The lowest BCUT2D eigenvalue weighted by Gasteiger charge is -2.33. The Balaban J connectivity index is 1.32. The second kappa shape index (κ2) is 10.2. The van der Waals surface area contributed by atoms with Gasteiger partial charge in [-0.25, -0.2) is 22.0 Å². The van der Waals surface area contributed by atoms with E-state index in [0.717, 1.165) is 31.2 Å². The van der Waals surface area contributed by atoms with Crippen molar-refractivity contribution >= 4 is 26.0 Å². The molecule has 2 heterocycles. The Hall–Kier alpha value is -2.67. The predicted octanol–water partition coefficient (Wildman–Crippen LogP) is 1.79. The smallest absolute Gasteiger partial charge is 0.244 e. The number of rotatable bonds is 7. The molecule has 0 spiro atoms. The van der Waals surface area contributed by atoms with Gasteiger partial charge < -0.3 is 14.8 Å². The van der Waals surface area contributed by atoms with Crippen LogP contribution in [0, 0.1) is 5.92 Å². The van der Waals surface area contributed by atoms with E-state index in [-0.39, 0.29) is 34.2 Å². The van der Waals surface area contributed by atoms with Crippen molar-refractivity contribution in [2.75, 3.05) is 19.8 Å². The van der Waals surface area contributed by atoms with E-state index in [1.165, 1.54) is 28.6 Å². The highest BCUT2D eigenvalue weighted by Gasteiger charge is 2.51. The van der Waals surface area contributed by atoms with E-state index >= 15 is 0 Å². The number of nitrogens with zero attached hydrogens (tertiary/aromatic N) is 1. The van der Waals surface area contributed by atoms with Gasteiger partial charge >= 0.3 is 0 Å². The maximum absolute atomic E-state index is 13.9. The lowest BCUT2D eigenvalue weighted by atomic mass is 9.85. The van der Waals surface area contributed by atoms with Gasteiger partial charge in [0.25, 0.3) is 0 Å². The monoisotopic (exact) mass is 549 g/mol. The van der Waals surface area contributed by atoms with Crippen molar-refractivity contribution in [3.63, 3.8) is 0 Å². The van der Waals surface area contributed by atoms with E-state index in [1.807, 2.05) is 0 Å². The van der Waals surface area contributed by atoms with E-state index in [0.29, 0.717) is 37.6 Å². The van der Waals surface area contributed by atoms with Crippen LogP contribution in [0.25, 0.3) is 0 Å². The molecule has 3 N–H and O–H groups in total. The van der Waals surface area contributed by atoms with Crippen LogP contribution in [0.3, 0.4) is 0 Å². The summed E-state index contributed by atoms with van der Waals surface area (Å²) in [6, 6.07) is 9.74. The number of ether oxygens (including phenoxy) is 2. The van der Waals surface area contributed by atoms with Crippen LogP contribution in [0.15, 0.2) is 52.3 Å². The largest absolute Gasteiger partial charge is 0.486 e. The van der Waals surface area contributed by atoms with E-state index in [2.05, 4.69) is 5.32 Å². The third kappa shape index (κ3) is 5.33. The maximum Gasteiger partial charge on any atom is 0.244 e. The number of hydrogen-bond donors (Lipinski definition) is 2. The third-order valence-corrected chi connectivity index (χ3v) is 10.2. The summed E-state index contributed by atoms with van der Waals surface area (Å²) in [7, 11) is -7.73. The molecule has 37 heavy (non-hydrogen) atoms. The number of primary sulfonamides is 1. The van der Waals surface area contributed by atoms with Crippen LogP contribution < -0.4 is 19.9 Å². The fourth-order valence-corrected chi connectivity index (χ4v) is 7.99. The number of benzene rings is 2. The molecule has 0 bridgehead atoms. The van der Waals surface area contributed by atoms with E-state index in [9.17, 15) is 21.6 Å². The Morgan fingerprint density at radius 2 is 1.62 bits per heavy atom. The van der Waals surface area contributed by atoms with Crippen molar-refractivity contribution in [1.82, 2.24) is 9.62 Å². The fourth-order valence-electron chi connectivity index (χ4n) is 5.59. The minimum Gasteiger partial charge on any atom is -0.486 e. The van der Waals surface area contributed by atoms with Gasteiger partial charge in [-0.2, -0.15) is 4.31 Å². The quantitative estimate of drug-likeness (QED) is 0.536. The molecule has 3 atom stereocenters. The summed E-state index contributed by atoms with van der Waals surface area (Å²) in [5.74, 6) is 0.716. The Bertz CT molecular complexity index is 1380. The molecule has 2 aliphatic heterocycles. The lowest BCUT2D eigenvalue weighted by molar-refractivity contribution is -0.124. The van der Waals surface area contributed by atoms with Gasteiger partial charge in [-0.05, 0) is 61.4 Å². The first-order valence-corrected chi connectivity index (χ1v) is 15.5. The molecule has 3 aliphatic rings. The van der Waals surface area contributed by atoms with Gasteiger partial charge in [0.2, 0.25) is 26.0 Å². The van der Waals surface area contributed by atoms with Crippen LogP contribution in [0.1, 0.15) is 37.7 Å². The average Bonchev–Trinajstić information content (AvgIpc) is 3.29. The molecule has 5 rings (SSSR count). The second-order valence-electron chi connectivity index (χ2n) is 9.73. The minimum atomic E-state index is -3.96. The zero-order valence-electron chi connectivity index (χ0n) is 20.3. The number of hydrogen-bond acceptors (Lipinski definition) is 7. The van der Waals surface area contributed by atoms with Gasteiger partial charge in [-0.15, -0.1) is 0 Å². The molecule has 10 nitrogen and oxygen atoms in total. The molecule has 0 aromatic heterocycles. The van der Waals surface area contributed by atoms with Crippen LogP contribution in [-0.2, 0) is 31.3 Å². The van der Waals surface area contributed by atoms with Crippen LogP contribution >= 0.6 is 0 Å². The Morgan fingerprint density at radius 3 is 2.35 bits per heavy atom. The Labute approximate surface area is 217 Å². The number of carbonyl (C=O) groups excluding carboxylic acids is 1. The highest BCUT2D eigenvalue weighted by Crippen LogP contribution is 2.43. The number of fused-ring (bicyclic) bond motifs is 2. The van der Waals surface area contributed by atoms with E-state index in [4.69, 9.17) is 14.6 Å². The summed E-state index contributed by atoms with van der Waals surface area (Å²) >= 11 is 0. The number of carbonyl (C=O) groups is 1. The first-order valence-electron chi connectivity index (χ1n) is 12.5. The fraction of sp³-hybridized carbons (Fsp3) is 0.480. The molecule has 1 aliphatic carbocycles. The zero-order chi connectivity index (χ0) is 26.2. The van der Waals surface area contributed by atoms with Crippen LogP contribution in [-0.4, -0.2) is 58.9 Å². The Morgan fingerprint density at radius 1 is 0.946 bits per heavy atom. The molecular formula is C25H31N3O7S2. The lowest BCUT2D eigenvalue weighted by Crippen LogP contribution is -2.49. The number of nitrogens with one attached hydrogen (secondary N) is 1. The van der Waals surface area contributed by atoms with Crippen LogP contribution in [0.5, 0.6) is 11.5 Å². The summed E-state index contributed by atoms with van der Waals surface area (Å²) in [6.07, 6.45) is 4.54. The molecule has 12 heteroatoms. The molecule has 3 unspecified atom stereocenters. The van der Waals surface area contributed by atoms with Crippen molar-refractivity contribution in [2.45, 2.75) is 60.4 Å². The summed E-state index contributed by atoms with van der Waals surface area (Å²) in [4.78, 5) is 13.4. The highest BCUT2D eigenvalue weighted by atomic mass is 32.2. The number of sulfonamides is 2. The van der Waals surface area contributed by atoms with Gasteiger partial charge in [0.1, 0.15) is 19.3 Å². The van der Waals surface area contributed by atoms with Crippen molar-refractivity contribution < 1.29 is 31.1 Å². The van der Waals surface area contributed by atoms with Crippen molar-refractivity contribution in [1.29, 1.82) is 0 Å². The van der Waals surface area contributed by atoms with Crippen molar-refractivity contribution in [3.05, 3.63) is 48.0 Å². The highest BCUT2D eigenvalue weighted by molar-refractivity contribution is 7.89. The molecule has 0 radical (unpaired) electrons. The summed E-state index contributed by atoms with van der Waals surface area (Å²) in [6.45, 7) is 1.05. The summed E-state index contributed by atoms with van der Waals surface area (Å²) in [5, 5.41) is 8.04. The minimum absolute atomic E-state index is 0.0221. The van der Waals surface area contributed by atoms with Gasteiger partial charge in [-0.3, -0.25) is 4.79 Å². The standard InChI is InChI=1S/C25H31N3O7S2/c26-36(30,31)19-7-5-17(6-8-19)11-12-27-25(29)22-15-18-3-1-2-4-21(18)28(22)37(32,33)20-9-10-23-24(16-20)35-14-13-34-23/h5-10,16,18,21-22H,1-4,11-15H2,(H,27,29)(H2,26,30,31). The molecule has 2 aromatic rings. The number of nitrogens with two attached hydrogens (primary N) is 1. The average molecular weight is 550 g/mol. The van der Waals surface area contributed by atoms with Crippen molar-refractivity contribution in [3.8, 4) is 11.5 Å². The first kappa shape index (κ1) is 26.0. The van der Waals surface area contributed by atoms with E-state index < -0.39 is 26.1 Å². The second-order valence-corrected chi connectivity index (χ2v) is 13.1. The molecule has 2 aromatic carbocycles. The zero-order valence-corrected chi connectivity index (χ0v) is 22.0. The SMILES string of the molecule is NS(=O)(=O)c1ccc(CCNC(=O)C2CC3CCCCC3N2S(=O)(=O)c2ccc3c(c2)OCCO3)cc1. The van der Waals surface area contributed by atoms with Gasteiger partial charge in [0, 0.05) is 18.7 Å². The topological polar surface area (TPSA) is 145 Å². The molecule has 200 valence electrons. The van der Waals surface area contributed by atoms with Gasteiger partial charge in [0.05, 0.1) is 9.79 Å².